The molecule has 0 saturated carbocycles. The van der Waals surface area contributed by atoms with Gasteiger partial charge in [-0.05, 0) is 66.9 Å². The highest BCUT2D eigenvalue weighted by Crippen LogP contribution is 2.40. The van der Waals surface area contributed by atoms with Crippen molar-refractivity contribution in [1.82, 2.24) is 4.90 Å². The first-order valence-electron chi connectivity index (χ1n) is 11.1. The number of hydrogen-bond donors (Lipinski definition) is 1. The highest BCUT2D eigenvalue weighted by Gasteiger charge is 2.37. The Kier molecular flexibility index (Phi) is 7.26. The maximum absolute atomic E-state index is 10.3. The van der Waals surface area contributed by atoms with Crippen LogP contribution in [0.1, 0.15) is 41.3 Å². The summed E-state index contributed by atoms with van der Waals surface area (Å²) < 4.78 is 0. The molecule has 1 saturated heterocycles. The molecule has 0 unspecified atom stereocenters. The molecule has 0 radical (unpaired) electrons. The van der Waals surface area contributed by atoms with E-state index in [9.17, 15) is 5.11 Å². The summed E-state index contributed by atoms with van der Waals surface area (Å²) in [5.74, 6) is 0. The third kappa shape index (κ3) is 5.03. The third-order valence-corrected chi connectivity index (χ3v) is 6.95. The number of aliphatic hydroxyl groups is 1. The van der Waals surface area contributed by atoms with Crippen molar-refractivity contribution in [2.75, 3.05) is 24.6 Å². The van der Waals surface area contributed by atoms with Crippen LogP contribution in [0.4, 0.5) is 5.69 Å². The van der Waals surface area contributed by atoms with Crippen LogP contribution in [0, 0.1) is 18.3 Å². The van der Waals surface area contributed by atoms with Crippen LogP contribution in [0.2, 0.25) is 10.0 Å². The molecule has 4 nitrogen and oxygen atoms in total. The fraction of sp³-hybridized carbons (Fsp3) is 0.296. The third-order valence-electron chi connectivity index (χ3n) is 6.39. The van der Waals surface area contributed by atoms with E-state index in [1.807, 2.05) is 37.3 Å². The molecular weight excluding hydrogens is 453 g/mol. The Morgan fingerprint density at radius 2 is 1.73 bits per heavy atom. The van der Waals surface area contributed by atoms with Gasteiger partial charge in [-0.15, -0.1) is 0 Å². The van der Waals surface area contributed by atoms with Crippen molar-refractivity contribution in [3.63, 3.8) is 0 Å². The Bertz CT molecular complexity index is 1140. The number of nitriles is 1. The molecule has 170 valence electrons. The lowest BCUT2D eigenvalue weighted by molar-refractivity contribution is 0.0895. The summed E-state index contributed by atoms with van der Waals surface area (Å²) in [6.07, 6.45) is 0. The molecule has 33 heavy (non-hydrogen) atoms. The number of aryl methyl sites for hydroxylation is 1. The average molecular weight is 480 g/mol. The minimum atomic E-state index is -0.161. The predicted octanol–water partition coefficient (Wildman–Crippen LogP) is 6.16. The van der Waals surface area contributed by atoms with Crippen molar-refractivity contribution >= 4 is 28.9 Å². The number of rotatable bonds is 5. The van der Waals surface area contributed by atoms with Gasteiger partial charge in [0, 0.05) is 24.2 Å². The number of benzene rings is 3. The lowest BCUT2D eigenvalue weighted by Gasteiger charge is -2.49. The van der Waals surface area contributed by atoms with Crippen molar-refractivity contribution in [3.8, 4) is 6.07 Å². The van der Waals surface area contributed by atoms with Crippen LogP contribution in [-0.2, 0) is 0 Å². The minimum Gasteiger partial charge on any atom is -0.394 e. The summed E-state index contributed by atoms with van der Waals surface area (Å²) in [6, 6.07) is 23.8. The highest BCUT2D eigenvalue weighted by molar-refractivity contribution is 6.33. The quantitative estimate of drug-likeness (QED) is 0.475. The molecule has 0 spiro atoms. The molecule has 6 heteroatoms. The van der Waals surface area contributed by atoms with Crippen LogP contribution >= 0.6 is 23.2 Å². The van der Waals surface area contributed by atoms with Crippen molar-refractivity contribution in [1.29, 1.82) is 5.26 Å². The summed E-state index contributed by atoms with van der Waals surface area (Å²) >= 11 is 12.9. The highest BCUT2D eigenvalue weighted by atomic mass is 35.5. The van der Waals surface area contributed by atoms with Crippen LogP contribution in [0.25, 0.3) is 0 Å². The van der Waals surface area contributed by atoms with Gasteiger partial charge in [-0.25, -0.2) is 0 Å². The van der Waals surface area contributed by atoms with Crippen LogP contribution in [0.5, 0.6) is 0 Å². The van der Waals surface area contributed by atoms with Crippen molar-refractivity contribution < 1.29 is 5.11 Å². The standard InChI is InChI=1S/C27H27Cl2N3O/c1-18-3-12-25(24(29)13-18)32-19(2)15-31(16-26(32)21-8-10-23(28)11-9-21)27(17-33)22-6-4-20(14-30)5-7-22/h3-13,19,26-27,33H,15-17H2,1-2H3/t19-,26-,27+/m0/s1. The van der Waals surface area contributed by atoms with Gasteiger partial charge < -0.3 is 10.0 Å². The van der Waals surface area contributed by atoms with Crippen LogP contribution in [-0.4, -0.2) is 35.7 Å². The van der Waals surface area contributed by atoms with E-state index in [0.717, 1.165) is 33.9 Å². The zero-order valence-corrected chi connectivity index (χ0v) is 20.3. The summed E-state index contributed by atoms with van der Waals surface area (Å²) in [6.45, 7) is 5.70. The second-order valence-electron chi connectivity index (χ2n) is 8.66. The Balaban J connectivity index is 1.72. The number of halogens is 2. The molecule has 3 atom stereocenters. The number of piperazine rings is 1. The fourth-order valence-corrected chi connectivity index (χ4v) is 5.22. The molecule has 0 aliphatic carbocycles. The zero-order valence-electron chi connectivity index (χ0n) is 18.7. The van der Waals surface area contributed by atoms with Crippen LogP contribution < -0.4 is 4.90 Å². The van der Waals surface area contributed by atoms with Gasteiger partial charge in [0.2, 0.25) is 0 Å². The van der Waals surface area contributed by atoms with Crippen LogP contribution in [0.15, 0.2) is 66.7 Å². The van der Waals surface area contributed by atoms with Gasteiger partial charge in [-0.1, -0.05) is 53.5 Å². The lowest BCUT2D eigenvalue weighted by Crippen LogP contribution is -2.55. The van der Waals surface area contributed by atoms with E-state index in [2.05, 4.69) is 47.1 Å². The summed E-state index contributed by atoms with van der Waals surface area (Å²) in [5, 5.41) is 20.9. The molecule has 1 heterocycles. The number of aliphatic hydroxyl groups excluding tert-OH is 1. The molecule has 1 aliphatic heterocycles. The Morgan fingerprint density at radius 3 is 2.33 bits per heavy atom. The van der Waals surface area contributed by atoms with Gasteiger partial charge in [0.05, 0.1) is 41.0 Å². The Labute approximate surface area is 205 Å². The normalized spacial score (nSPS) is 19.8. The van der Waals surface area contributed by atoms with Gasteiger partial charge in [-0.3, -0.25) is 4.90 Å². The molecule has 0 bridgehead atoms. The lowest BCUT2D eigenvalue weighted by atomic mass is 9.95. The summed E-state index contributed by atoms with van der Waals surface area (Å²) in [7, 11) is 0. The second-order valence-corrected chi connectivity index (χ2v) is 9.51. The molecule has 1 fully saturated rings. The van der Waals surface area contributed by atoms with E-state index in [0.29, 0.717) is 17.1 Å². The molecule has 3 aromatic rings. The Hall–Kier alpha value is -2.55. The first-order valence-corrected chi connectivity index (χ1v) is 11.8. The van der Waals surface area contributed by atoms with Gasteiger partial charge in [-0.2, -0.15) is 5.26 Å². The van der Waals surface area contributed by atoms with E-state index < -0.39 is 0 Å². The number of nitrogens with zero attached hydrogens (tertiary/aromatic N) is 3. The van der Waals surface area contributed by atoms with Crippen molar-refractivity contribution in [2.45, 2.75) is 32.0 Å². The first-order chi connectivity index (χ1) is 15.9. The predicted molar refractivity (Wildman–Crippen MR) is 135 cm³/mol. The van der Waals surface area contributed by atoms with E-state index in [1.54, 1.807) is 12.1 Å². The van der Waals surface area contributed by atoms with Gasteiger partial charge in [0.1, 0.15) is 0 Å². The minimum absolute atomic E-state index is 0.00273. The molecule has 4 rings (SSSR count). The Morgan fingerprint density at radius 1 is 1.03 bits per heavy atom. The molecule has 0 amide bonds. The topological polar surface area (TPSA) is 50.5 Å². The molecular formula is C27H27Cl2N3O. The molecule has 3 aromatic carbocycles. The monoisotopic (exact) mass is 479 g/mol. The molecule has 1 N–H and O–H groups in total. The zero-order chi connectivity index (χ0) is 23.5. The molecule has 1 aliphatic rings. The first kappa shape index (κ1) is 23.6. The average Bonchev–Trinajstić information content (AvgIpc) is 2.81. The second kappa shape index (κ2) is 10.2. The largest absolute Gasteiger partial charge is 0.394 e. The van der Waals surface area contributed by atoms with Crippen LogP contribution in [0.3, 0.4) is 0 Å². The van der Waals surface area contributed by atoms with E-state index in [-0.39, 0.29) is 24.7 Å². The van der Waals surface area contributed by atoms with E-state index in [4.69, 9.17) is 28.5 Å². The van der Waals surface area contributed by atoms with Crippen molar-refractivity contribution in [3.05, 3.63) is 99.0 Å². The maximum Gasteiger partial charge on any atom is 0.0991 e. The van der Waals surface area contributed by atoms with Gasteiger partial charge in [0.25, 0.3) is 0 Å². The number of hydrogen-bond acceptors (Lipinski definition) is 4. The smallest absolute Gasteiger partial charge is 0.0991 e. The summed E-state index contributed by atoms with van der Waals surface area (Å²) in [4.78, 5) is 4.71. The van der Waals surface area contributed by atoms with E-state index >= 15 is 0 Å². The molecule has 0 aromatic heterocycles. The van der Waals surface area contributed by atoms with E-state index in [1.165, 1.54) is 0 Å². The summed E-state index contributed by atoms with van der Waals surface area (Å²) in [5.41, 5.74) is 4.89. The fourth-order valence-electron chi connectivity index (χ4n) is 4.76. The van der Waals surface area contributed by atoms with Crippen molar-refractivity contribution in [2.24, 2.45) is 0 Å². The van der Waals surface area contributed by atoms with Gasteiger partial charge >= 0.3 is 0 Å². The van der Waals surface area contributed by atoms with Gasteiger partial charge in [0.15, 0.2) is 0 Å². The maximum atomic E-state index is 10.3. The SMILES string of the molecule is Cc1ccc(N2[C@@H](C)CN([C@H](CO)c3ccc(C#N)cc3)C[C@H]2c2ccc(Cl)cc2)c(Cl)c1. The number of anilines is 1.